The van der Waals surface area contributed by atoms with Crippen LogP contribution in [0, 0.1) is 0 Å². The molecule has 0 aliphatic heterocycles. The first kappa shape index (κ1) is 147. The molecule has 0 bridgehead atoms. The van der Waals surface area contributed by atoms with Crippen molar-refractivity contribution in [3.05, 3.63) is 0 Å². The van der Waals surface area contributed by atoms with Gasteiger partial charge in [0.15, 0.2) is 0 Å². The number of hydrogen-bond donors (Lipinski definition) is 0. The van der Waals surface area contributed by atoms with E-state index in [1.165, 1.54) is 111 Å². The summed E-state index contributed by atoms with van der Waals surface area (Å²) in [7, 11) is -9.32. The summed E-state index contributed by atoms with van der Waals surface area (Å²) in [5.41, 5.74) is 0. The third-order valence-electron chi connectivity index (χ3n) is 8.05. The molecule has 0 saturated heterocycles. The Bertz CT molecular complexity index is 475. The zero-order valence-corrected chi connectivity index (χ0v) is 78.5. The standard InChI is InChI=1S/6C6H15P.2BF4.6Re.8Se/c6*1-4-7(5-2)6-3;2*2-1(3,4)5;;;;;;;;;;;;;;/h6*4-6H2,1-3H3;;;;;;;;;;;;;;;;/q;;;;;;2*-1;;;;;;;8*-2. The van der Waals surface area contributed by atoms with Crippen molar-refractivity contribution in [2.24, 2.45) is 0 Å². The molecule has 0 fully saturated rings. The molecule has 0 aliphatic carbocycles. The van der Waals surface area contributed by atoms with Crippen molar-refractivity contribution in [2.45, 2.75) is 125 Å². The van der Waals surface area contributed by atoms with E-state index in [9.17, 15) is 34.5 Å². The van der Waals surface area contributed by atoms with Crippen LogP contribution in [0.4, 0.5) is 34.5 Å². The van der Waals surface area contributed by atoms with Crippen molar-refractivity contribution >= 4 is 199 Å². The minimum Gasteiger partial charge on any atom is -2.00 e. The third kappa shape index (κ3) is 186. The van der Waals surface area contributed by atoms with E-state index in [-0.39, 0.29) is 259 Å². The van der Waals surface area contributed by atoms with Gasteiger partial charge in [-0.15, -0.1) is 47.5 Å². The molecule has 0 aromatic carbocycles. The summed E-state index contributed by atoms with van der Waals surface area (Å²) in [6, 6.07) is 0. The molecule has 0 spiro atoms. The van der Waals surface area contributed by atoms with Gasteiger partial charge in [0, 0.05) is 123 Å². The second-order valence-corrected chi connectivity index (χ2v) is 30.1. The van der Waals surface area contributed by atoms with Crippen LogP contribution in [0.5, 0.6) is 0 Å². The Kier molecular flexibility index (Phi) is 272. The molecule has 0 nitrogen and oxygen atoms in total. The van der Waals surface area contributed by atoms with Gasteiger partial charge in [0.25, 0.3) is 0 Å². The predicted molar refractivity (Wildman–Crippen MR) is 298 cm³/mol. The van der Waals surface area contributed by atoms with Gasteiger partial charge >= 0.3 is 14.5 Å². The minimum atomic E-state index is -6.00. The molecule has 0 heterocycles. The molecule has 0 aromatic heterocycles. The Morgan fingerprint density at radius 3 is 0.212 bits per heavy atom. The quantitative estimate of drug-likeness (QED) is 0.0729. The topological polar surface area (TPSA) is 0 Å². The molecule has 6 radical (unpaired) electrons. The Balaban J connectivity index is -0.0000000163. The van der Waals surface area contributed by atoms with Crippen LogP contribution >= 0.6 is 47.5 Å². The summed E-state index contributed by atoms with van der Waals surface area (Å²) in [5, 5.41) is 0. The van der Waals surface area contributed by atoms with Gasteiger partial charge in [0.05, 0.1) is 0 Å². The molecular weight excluding hydrogens is 2540 g/mol. The minimum absolute atomic E-state index is 0. The second-order valence-electron chi connectivity index (χ2n) is 10.7. The van der Waals surface area contributed by atoms with Crippen molar-refractivity contribution in [2.75, 3.05) is 111 Å². The Labute approximate surface area is 582 Å². The zero-order valence-electron chi connectivity index (χ0n) is 43.1. The SMILES string of the molecule is CCP(CC)CC.CCP(CC)CC.CCP(CC)CC.CCP(CC)CC.CCP(CC)CC.CCP(CC)CC.F[B-](F)(F)F.F[B-](F)(F)F.[Re].[Re].[Re].[Re].[Re].[Re].[Se-2].[Se-2].[Se-2].[Se-2].[Se-2].[Se-2].[Se-2].[Se-2]. The van der Waals surface area contributed by atoms with Crippen LogP contribution in [0.2, 0.25) is 0 Å². The molecule has 30 heteroatoms. The fourth-order valence-electron chi connectivity index (χ4n) is 4.02. The number of rotatable bonds is 18. The summed E-state index contributed by atoms with van der Waals surface area (Å²) in [6.07, 6.45) is 25.5. The largest absolute Gasteiger partial charge is 2.00 e. The molecule has 0 unspecified atom stereocenters. The van der Waals surface area contributed by atoms with Crippen LogP contribution in [0.25, 0.3) is 0 Å². The smallest absolute Gasteiger partial charge is 0.673 e. The Morgan fingerprint density at radius 2 is 0.212 bits per heavy atom. The zero-order chi connectivity index (χ0) is 43.2. The van der Waals surface area contributed by atoms with Crippen LogP contribution in [-0.4, -0.2) is 262 Å². The maximum Gasteiger partial charge on any atom is 0.673 e. The predicted octanol–water partition coefficient (Wildman–Crippen LogP) is 14.7. The van der Waals surface area contributed by atoms with Crippen molar-refractivity contribution in [3.8, 4) is 0 Å². The van der Waals surface area contributed by atoms with E-state index >= 15 is 0 Å². The van der Waals surface area contributed by atoms with E-state index in [1.807, 2.05) is 0 Å². The summed E-state index contributed by atoms with van der Waals surface area (Å²) in [6.45, 7) is 41.2. The molecule has 0 aliphatic rings. The van der Waals surface area contributed by atoms with E-state index in [4.69, 9.17) is 0 Å². The monoisotopic (exact) mass is 2640 g/mol. The van der Waals surface area contributed by atoms with E-state index < -0.39 is 14.5 Å². The van der Waals surface area contributed by atoms with E-state index in [0.717, 1.165) is 0 Å². The average molecular weight is 2630 g/mol. The van der Waals surface area contributed by atoms with Crippen LogP contribution in [0.3, 0.4) is 0 Å². The molecule has 0 N–H and O–H groups in total. The van der Waals surface area contributed by atoms with Crippen molar-refractivity contribution in [1.82, 2.24) is 0 Å². The van der Waals surface area contributed by atoms with Gasteiger partial charge in [-0.1, -0.05) is 125 Å². The Hall–Kier alpha value is 10.3. The summed E-state index contributed by atoms with van der Waals surface area (Å²) in [5.74, 6) is 0. The van der Waals surface area contributed by atoms with Crippen molar-refractivity contribution < 1.29 is 157 Å². The van der Waals surface area contributed by atoms with Gasteiger partial charge in [-0.3, -0.25) is 0 Å². The summed E-state index contributed by atoms with van der Waals surface area (Å²) < 4.78 is 78.0. The molecule has 0 amide bonds. The summed E-state index contributed by atoms with van der Waals surface area (Å²) in [4.78, 5) is 0. The normalized spacial score (nSPS) is 8.36. The number of hydrogen-bond acceptors (Lipinski definition) is 0. The maximum atomic E-state index is 9.75. The molecular formula is C36H90B2F8P6Re6Se8-18. The Morgan fingerprint density at radius 1 is 0.182 bits per heavy atom. The van der Waals surface area contributed by atoms with Crippen molar-refractivity contribution in [1.29, 1.82) is 0 Å². The molecule has 66 heavy (non-hydrogen) atoms. The molecule has 0 aromatic rings. The van der Waals surface area contributed by atoms with Gasteiger partial charge < -0.3 is 171 Å². The fraction of sp³-hybridized carbons (Fsp3) is 1.00. The first-order valence-corrected chi connectivity index (χ1v) is 31.5. The van der Waals surface area contributed by atoms with E-state index in [1.54, 1.807) is 0 Å². The van der Waals surface area contributed by atoms with Gasteiger partial charge in [0.2, 0.25) is 0 Å². The summed E-state index contributed by atoms with van der Waals surface area (Å²) >= 11 is 0. The van der Waals surface area contributed by atoms with Gasteiger partial charge in [-0.25, -0.2) is 0 Å². The van der Waals surface area contributed by atoms with Crippen LogP contribution < -0.4 is 0 Å². The number of halogens is 8. The molecule has 0 atom stereocenters. The van der Waals surface area contributed by atoms with E-state index in [2.05, 4.69) is 125 Å². The van der Waals surface area contributed by atoms with Crippen LogP contribution in [0.15, 0.2) is 0 Å². The van der Waals surface area contributed by atoms with Gasteiger partial charge in [-0.2, -0.15) is 0 Å². The van der Waals surface area contributed by atoms with Gasteiger partial charge in [0.1, 0.15) is 0 Å². The van der Waals surface area contributed by atoms with Gasteiger partial charge in [-0.05, 0) is 111 Å². The molecule has 0 rings (SSSR count). The molecule has 434 valence electrons. The molecule has 0 saturated carbocycles. The second kappa shape index (κ2) is 122. The first-order valence-electron chi connectivity index (χ1n) is 20.2. The van der Waals surface area contributed by atoms with Crippen LogP contribution in [0.1, 0.15) is 125 Å². The average Bonchev–Trinajstić information content (AvgIpc) is 3.09. The van der Waals surface area contributed by atoms with E-state index in [0.29, 0.717) is 47.5 Å². The fourth-order valence-corrected chi connectivity index (χ4v) is 12.1. The van der Waals surface area contributed by atoms with Crippen LogP contribution in [-0.2, 0) is 123 Å². The van der Waals surface area contributed by atoms with Crippen molar-refractivity contribution in [3.63, 3.8) is 0 Å². The third-order valence-corrected chi connectivity index (χ3v) is 24.1. The maximum absolute atomic E-state index is 9.75. The first-order chi connectivity index (χ1) is 24.1.